The first-order chi connectivity index (χ1) is 11.2. The van der Waals surface area contributed by atoms with Crippen molar-refractivity contribution in [3.05, 3.63) is 76.5 Å². The summed E-state index contributed by atoms with van der Waals surface area (Å²) >= 11 is 0. The summed E-state index contributed by atoms with van der Waals surface area (Å²) in [7, 11) is 0. The fourth-order valence-electron chi connectivity index (χ4n) is 2.42. The molecule has 3 rings (SSSR count). The van der Waals surface area contributed by atoms with Crippen LogP contribution in [0.25, 0.3) is 10.8 Å². The summed E-state index contributed by atoms with van der Waals surface area (Å²) < 4.78 is 20.2. The Hall–Kier alpha value is -2.66. The lowest BCUT2D eigenvalue weighted by Crippen LogP contribution is -2.23. The van der Waals surface area contributed by atoms with Crippen molar-refractivity contribution in [3.8, 4) is 5.75 Å². The summed E-state index contributed by atoms with van der Waals surface area (Å²) in [4.78, 5) is 12.3. The van der Waals surface area contributed by atoms with Gasteiger partial charge in [-0.3, -0.25) is 4.79 Å². The van der Waals surface area contributed by atoms with Crippen molar-refractivity contribution < 1.29 is 9.13 Å². The maximum Gasteiger partial charge on any atom is 0.258 e. The van der Waals surface area contributed by atoms with Crippen molar-refractivity contribution in [3.63, 3.8) is 0 Å². The molecule has 2 N–H and O–H groups in total. The van der Waals surface area contributed by atoms with E-state index in [1.54, 1.807) is 35.0 Å². The Morgan fingerprint density at radius 1 is 1.09 bits per heavy atom. The largest absolute Gasteiger partial charge is 0.489 e. The molecular weight excluding hydrogens is 295 g/mol. The molecule has 1 heterocycles. The fraction of sp³-hybridized carbons (Fsp3) is 0.167. The lowest BCUT2D eigenvalue weighted by Gasteiger charge is -2.09. The zero-order valence-corrected chi connectivity index (χ0v) is 12.5. The molecule has 4 nitrogen and oxygen atoms in total. The predicted octanol–water partition coefficient (Wildman–Crippen LogP) is 2.68. The number of nitrogens with two attached hydrogens (primary N) is 1. The number of pyridine rings is 1. The Labute approximate surface area is 132 Å². The highest BCUT2D eigenvalue weighted by Crippen LogP contribution is 2.19. The van der Waals surface area contributed by atoms with Crippen molar-refractivity contribution in [2.75, 3.05) is 6.54 Å². The number of hydrogen-bond acceptors (Lipinski definition) is 3. The van der Waals surface area contributed by atoms with Crippen LogP contribution in [0.5, 0.6) is 5.75 Å². The van der Waals surface area contributed by atoms with E-state index in [4.69, 9.17) is 10.5 Å². The van der Waals surface area contributed by atoms with Gasteiger partial charge >= 0.3 is 0 Å². The summed E-state index contributed by atoms with van der Waals surface area (Å²) in [6.45, 7) is 1.26. The molecule has 0 aliphatic carbocycles. The third-order valence-corrected chi connectivity index (χ3v) is 3.64. The van der Waals surface area contributed by atoms with E-state index in [-0.39, 0.29) is 11.4 Å². The van der Waals surface area contributed by atoms with Crippen molar-refractivity contribution >= 4 is 10.8 Å². The van der Waals surface area contributed by atoms with Crippen LogP contribution in [-0.4, -0.2) is 11.1 Å². The van der Waals surface area contributed by atoms with E-state index in [1.807, 2.05) is 12.1 Å². The van der Waals surface area contributed by atoms with Gasteiger partial charge in [0.2, 0.25) is 0 Å². The first-order valence-corrected chi connectivity index (χ1v) is 7.38. The molecule has 0 aliphatic rings. The molecule has 3 aromatic rings. The zero-order chi connectivity index (χ0) is 16.2. The lowest BCUT2D eigenvalue weighted by atomic mass is 10.1. The fourth-order valence-corrected chi connectivity index (χ4v) is 2.42. The number of fused-ring (bicyclic) bond motifs is 1. The van der Waals surface area contributed by atoms with Gasteiger partial charge in [-0.2, -0.15) is 0 Å². The van der Waals surface area contributed by atoms with E-state index >= 15 is 0 Å². The second-order valence-corrected chi connectivity index (χ2v) is 5.27. The molecule has 5 heteroatoms. The maximum atomic E-state index is 12.9. The first-order valence-electron chi connectivity index (χ1n) is 7.38. The van der Waals surface area contributed by atoms with Crippen LogP contribution in [0.15, 0.2) is 59.5 Å². The number of ether oxygens (including phenoxy) is 1. The highest BCUT2D eigenvalue weighted by molar-refractivity contribution is 5.82. The topological polar surface area (TPSA) is 57.2 Å². The van der Waals surface area contributed by atoms with Crippen LogP contribution in [0, 0.1) is 5.82 Å². The molecule has 0 saturated heterocycles. The molecule has 0 unspecified atom stereocenters. The number of halogens is 1. The molecule has 2 aromatic carbocycles. The molecule has 0 spiro atoms. The van der Waals surface area contributed by atoms with Crippen molar-refractivity contribution in [1.29, 1.82) is 0 Å². The number of aromatic nitrogens is 1. The summed E-state index contributed by atoms with van der Waals surface area (Å²) in [5.41, 5.74) is 6.32. The quantitative estimate of drug-likeness (QED) is 0.788. The van der Waals surface area contributed by atoms with Crippen LogP contribution in [0.2, 0.25) is 0 Å². The van der Waals surface area contributed by atoms with E-state index in [0.29, 0.717) is 30.8 Å². The smallest absolute Gasteiger partial charge is 0.258 e. The average Bonchev–Trinajstić information content (AvgIpc) is 2.57. The van der Waals surface area contributed by atoms with Crippen LogP contribution >= 0.6 is 0 Å². The van der Waals surface area contributed by atoms with Crippen LogP contribution in [0.3, 0.4) is 0 Å². The lowest BCUT2D eigenvalue weighted by molar-refractivity contribution is 0.306. The van der Waals surface area contributed by atoms with Gasteiger partial charge in [-0.25, -0.2) is 4.39 Å². The summed E-state index contributed by atoms with van der Waals surface area (Å²) in [5, 5.41) is 1.45. The van der Waals surface area contributed by atoms with Crippen molar-refractivity contribution in [2.24, 2.45) is 5.73 Å². The minimum Gasteiger partial charge on any atom is -0.489 e. The monoisotopic (exact) mass is 312 g/mol. The van der Waals surface area contributed by atoms with E-state index in [1.165, 1.54) is 12.1 Å². The normalized spacial score (nSPS) is 10.9. The van der Waals surface area contributed by atoms with Gasteiger partial charge in [0.15, 0.2) is 0 Å². The van der Waals surface area contributed by atoms with Gasteiger partial charge in [0.25, 0.3) is 5.56 Å². The molecule has 0 atom stereocenters. The highest BCUT2D eigenvalue weighted by atomic mass is 19.1. The van der Waals surface area contributed by atoms with Gasteiger partial charge < -0.3 is 15.0 Å². The van der Waals surface area contributed by atoms with E-state index < -0.39 is 0 Å². The highest BCUT2D eigenvalue weighted by Gasteiger charge is 2.04. The minimum atomic E-state index is -0.270. The SMILES string of the molecule is NCCn1ccc2cc(OCc3ccc(F)cc3)ccc2c1=O. The van der Waals surface area contributed by atoms with Gasteiger partial charge in [0.05, 0.1) is 0 Å². The number of benzene rings is 2. The van der Waals surface area contributed by atoms with Crippen LogP contribution in [0.1, 0.15) is 5.56 Å². The summed E-state index contributed by atoms with van der Waals surface area (Å²) in [6.07, 6.45) is 1.74. The average molecular weight is 312 g/mol. The molecule has 118 valence electrons. The zero-order valence-electron chi connectivity index (χ0n) is 12.5. The second kappa shape index (κ2) is 6.62. The number of nitrogens with zero attached hydrogens (tertiary/aromatic N) is 1. The Kier molecular flexibility index (Phi) is 4.39. The van der Waals surface area contributed by atoms with Crippen LogP contribution < -0.4 is 16.0 Å². The Bertz CT molecular complexity index is 872. The molecule has 0 fully saturated rings. The van der Waals surface area contributed by atoms with Gasteiger partial charge in [-0.15, -0.1) is 0 Å². The third kappa shape index (κ3) is 3.40. The van der Waals surface area contributed by atoms with Crippen LogP contribution in [-0.2, 0) is 13.2 Å². The molecular formula is C18H17FN2O2. The van der Waals surface area contributed by atoms with E-state index in [9.17, 15) is 9.18 Å². The maximum absolute atomic E-state index is 12.9. The van der Waals surface area contributed by atoms with Crippen LogP contribution in [0.4, 0.5) is 4.39 Å². The van der Waals surface area contributed by atoms with Gasteiger partial charge in [-0.05, 0) is 47.3 Å². The minimum absolute atomic E-state index is 0.0574. The van der Waals surface area contributed by atoms with E-state index in [0.717, 1.165) is 10.9 Å². The predicted molar refractivity (Wildman–Crippen MR) is 88.0 cm³/mol. The van der Waals surface area contributed by atoms with Crippen molar-refractivity contribution in [1.82, 2.24) is 4.57 Å². The standard InChI is InChI=1S/C18H17FN2O2/c19-15-3-1-13(2-4-15)12-23-16-5-6-17-14(11-16)7-9-21(10-8-20)18(17)22/h1-7,9,11H,8,10,12,20H2. The van der Waals surface area contributed by atoms with Gasteiger partial charge in [0.1, 0.15) is 18.2 Å². The summed E-state index contributed by atoms with van der Waals surface area (Å²) in [5.74, 6) is 0.394. The second-order valence-electron chi connectivity index (χ2n) is 5.27. The molecule has 0 saturated carbocycles. The van der Waals surface area contributed by atoms with Crippen molar-refractivity contribution in [2.45, 2.75) is 13.2 Å². The molecule has 0 bridgehead atoms. The number of rotatable bonds is 5. The Balaban J connectivity index is 1.81. The molecule has 0 aliphatic heterocycles. The molecule has 0 radical (unpaired) electrons. The summed E-state index contributed by atoms with van der Waals surface area (Å²) in [6, 6.07) is 13.4. The first kappa shape index (κ1) is 15.2. The Morgan fingerprint density at radius 3 is 2.61 bits per heavy atom. The van der Waals surface area contributed by atoms with Gasteiger partial charge in [0, 0.05) is 24.7 Å². The number of hydrogen-bond donors (Lipinski definition) is 1. The molecule has 0 amide bonds. The van der Waals surface area contributed by atoms with Gasteiger partial charge in [-0.1, -0.05) is 12.1 Å². The Morgan fingerprint density at radius 2 is 1.87 bits per heavy atom. The molecule has 23 heavy (non-hydrogen) atoms. The third-order valence-electron chi connectivity index (χ3n) is 3.64. The van der Waals surface area contributed by atoms with E-state index in [2.05, 4.69) is 0 Å². The molecule has 1 aromatic heterocycles.